The molecule has 206 valence electrons. The van der Waals surface area contributed by atoms with Crippen molar-refractivity contribution in [1.82, 2.24) is 15.5 Å². The Morgan fingerprint density at radius 3 is 2.42 bits per heavy atom. The summed E-state index contributed by atoms with van der Waals surface area (Å²) in [6.45, 7) is 4.56. The van der Waals surface area contributed by atoms with Crippen molar-refractivity contribution in [2.75, 3.05) is 13.2 Å². The highest BCUT2D eigenvalue weighted by atomic mass is 35.5. The summed E-state index contributed by atoms with van der Waals surface area (Å²) in [6.07, 6.45) is 2.99. The van der Waals surface area contributed by atoms with Gasteiger partial charge in [-0.25, -0.2) is 0 Å². The molecule has 0 aliphatic carbocycles. The van der Waals surface area contributed by atoms with E-state index in [-0.39, 0.29) is 35.8 Å². The maximum atomic E-state index is 13.0. The van der Waals surface area contributed by atoms with E-state index in [0.29, 0.717) is 54.8 Å². The molecule has 1 aromatic heterocycles. The van der Waals surface area contributed by atoms with Crippen LogP contribution in [0.3, 0.4) is 0 Å². The van der Waals surface area contributed by atoms with Crippen molar-refractivity contribution >= 4 is 47.3 Å². The molecule has 3 N–H and O–H groups in total. The highest BCUT2D eigenvalue weighted by Gasteiger charge is 2.27. The Morgan fingerprint density at radius 2 is 1.76 bits per heavy atom. The SMILES string of the molecule is CC(C)C(=O)N[C@@H](CCCCN)C(=O)c1noc(Cc2ccc(OCCc3ccc(Cl)c(Cl)c3)cc2)n1.Cl. The molecule has 2 aromatic carbocycles. The van der Waals surface area contributed by atoms with Gasteiger partial charge in [-0.15, -0.1) is 12.4 Å². The Hall–Kier alpha value is -2.65. The third-order valence-electron chi connectivity index (χ3n) is 5.71. The number of rotatable bonds is 14. The quantitative estimate of drug-likeness (QED) is 0.191. The number of aromatic nitrogens is 2. The molecular weight excluding hydrogens is 551 g/mol. The number of carbonyl (C=O) groups is 2. The van der Waals surface area contributed by atoms with E-state index in [1.54, 1.807) is 19.9 Å². The van der Waals surface area contributed by atoms with Crippen LogP contribution in [0.25, 0.3) is 0 Å². The Morgan fingerprint density at radius 1 is 1.05 bits per heavy atom. The zero-order valence-electron chi connectivity index (χ0n) is 21.4. The van der Waals surface area contributed by atoms with Gasteiger partial charge in [-0.1, -0.05) is 60.4 Å². The molecule has 0 aliphatic rings. The predicted molar refractivity (Wildman–Crippen MR) is 150 cm³/mol. The minimum Gasteiger partial charge on any atom is -0.493 e. The van der Waals surface area contributed by atoms with Gasteiger partial charge in [-0.2, -0.15) is 4.98 Å². The van der Waals surface area contributed by atoms with Gasteiger partial charge in [0.05, 0.1) is 29.1 Å². The van der Waals surface area contributed by atoms with Crippen LogP contribution in [-0.4, -0.2) is 41.0 Å². The average Bonchev–Trinajstić information content (AvgIpc) is 3.34. The third-order valence-corrected chi connectivity index (χ3v) is 6.45. The van der Waals surface area contributed by atoms with Gasteiger partial charge in [-0.05, 0) is 61.2 Å². The summed E-state index contributed by atoms with van der Waals surface area (Å²) in [5.74, 6) is 0.187. The average molecular weight is 584 g/mol. The van der Waals surface area contributed by atoms with E-state index in [0.717, 1.165) is 23.3 Å². The lowest BCUT2D eigenvalue weighted by Gasteiger charge is -2.17. The van der Waals surface area contributed by atoms with Crippen LogP contribution in [0.5, 0.6) is 5.75 Å². The van der Waals surface area contributed by atoms with Crippen LogP contribution in [0.15, 0.2) is 47.0 Å². The summed E-state index contributed by atoms with van der Waals surface area (Å²) in [4.78, 5) is 29.4. The molecule has 11 heteroatoms. The fourth-order valence-electron chi connectivity index (χ4n) is 3.54. The Kier molecular flexibility index (Phi) is 13.0. The minimum absolute atomic E-state index is 0. The number of halogens is 3. The van der Waals surface area contributed by atoms with Gasteiger partial charge in [0.2, 0.25) is 23.4 Å². The van der Waals surface area contributed by atoms with Crippen molar-refractivity contribution < 1.29 is 18.8 Å². The molecule has 38 heavy (non-hydrogen) atoms. The molecule has 0 radical (unpaired) electrons. The van der Waals surface area contributed by atoms with E-state index >= 15 is 0 Å². The molecule has 1 amide bonds. The number of hydrogen-bond acceptors (Lipinski definition) is 7. The highest BCUT2D eigenvalue weighted by molar-refractivity contribution is 6.42. The second-order valence-corrected chi connectivity index (χ2v) is 9.86. The maximum Gasteiger partial charge on any atom is 0.240 e. The number of amides is 1. The van der Waals surface area contributed by atoms with E-state index < -0.39 is 6.04 Å². The first-order valence-corrected chi connectivity index (χ1v) is 13.0. The van der Waals surface area contributed by atoms with Crippen LogP contribution >= 0.6 is 35.6 Å². The first-order valence-electron chi connectivity index (χ1n) is 12.3. The van der Waals surface area contributed by atoms with E-state index in [9.17, 15) is 9.59 Å². The number of ketones is 1. The van der Waals surface area contributed by atoms with Crippen LogP contribution in [0.4, 0.5) is 0 Å². The van der Waals surface area contributed by atoms with E-state index in [1.165, 1.54) is 0 Å². The lowest BCUT2D eigenvalue weighted by atomic mass is 10.0. The monoisotopic (exact) mass is 582 g/mol. The van der Waals surface area contributed by atoms with Crippen molar-refractivity contribution in [3.63, 3.8) is 0 Å². The Bertz CT molecular complexity index is 1190. The summed E-state index contributed by atoms with van der Waals surface area (Å²) < 4.78 is 11.1. The molecule has 0 fully saturated rings. The second kappa shape index (κ2) is 15.7. The smallest absolute Gasteiger partial charge is 0.240 e. The number of nitrogens with zero attached hydrogens (tertiary/aromatic N) is 2. The number of unbranched alkanes of at least 4 members (excludes halogenated alkanes) is 1. The molecule has 0 spiro atoms. The van der Waals surface area contributed by atoms with Crippen molar-refractivity contribution in [3.8, 4) is 5.75 Å². The Balaban J connectivity index is 0.00000507. The first kappa shape index (κ1) is 31.6. The number of hydrogen-bond donors (Lipinski definition) is 2. The first-order chi connectivity index (χ1) is 17.8. The molecule has 8 nitrogen and oxygen atoms in total. The number of ether oxygens (including phenoxy) is 1. The molecule has 3 rings (SSSR count). The predicted octanol–water partition coefficient (Wildman–Crippen LogP) is 5.46. The molecular formula is C27H33Cl3N4O4. The molecule has 0 saturated carbocycles. The van der Waals surface area contributed by atoms with Gasteiger partial charge in [0.25, 0.3) is 0 Å². The molecule has 1 heterocycles. The van der Waals surface area contributed by atoms with Crippen molar-refractivity contribution in [2.24, 2.45) is 11.7 Å². The van der Waals surface area contributed by atoms with Crippen molar-refractivity contribution in [3.05, 3.63) is 75.4 Å². The van der Waals surface area contributed by atoms with E-state index in [2.05, 4.69) is 15.5 Å². The fraction of sp³-hybridized carbons (Fsp3) is 0.407. The van der Waals surface area contributed by atoms with Crippen LogP contribution in [0, 0.1) is 5.92 Å². The summed E-state index contributed by atoms with van der Waals surface area (Å²) in [6, 6.07) is 12.3. The maximum absolute atomic E-state index is 13.0. The third kappa shape index (κ3) is 9.58. The number of nitrogens with one attached hydrogen (secondary N) is 1. The number of benzene rings is 2. The molecule has 3 aromatic rings. The lowest BCUT2D eigenvalue weighted by Crippen LogP contribution is -2.43. The van der Waals surface area contributed by atoms with Crippen LogP contribution in [-0.2, 0) is 17.6 Å². The van der Waals surface area contributed by atoms with Crippen LogP contribution in [0.1, 0.15) is 60.7 Å². The van der Waals surface area contributed by atoms with E-state index in [4.69, 9.17) is 38.2 Å². The largest absolute Gasteiger partial charge is 0.493 e. The zero-order chi connectivity index (χ0) is 26.8. The second-order valence-electron chi connectivity index (χ2n) is 9.04. The molecule has 0 unspecified atom stereocenters. The normalized spacial score (nSPS) is 11.6. The van der Waals surface area contributed by atoms with Crippen molar-refractivity contribution in [2.45, 2.75) is 52.0 Å². The van der Waals surface area contributed by atoms with Crippen LogP contribution in [0.2, 0.25) is 10.0 Å². The van der Waals surface area contributed by atoms with Gasteiger partial charge in [0.15, 0.2) is 0 Å². The Labute approximate surface area is 239 Å². The van der Waals surface area contributed by atoms with Gasteiger partial charge in [0.1, 0.15) is 5.75 Å². The molecule has 0 saturated heterocycles. The number of Topliss-reactive ketones (excluding diaryl/α,β-unsaturated/α-hetero) is 1. The number of carbonyl (C=O) groups excluding carboxylic acids is 2. The van der Waals surface area contributed by atoms with Gasteiger partial charge < -0.3 is 20.3 Å². The molecule has 0 bridgehead atoms. The van der Waals surface area contributed by atoms with Crippen LogP contribution < -0.4 is 15.8 Å². The van der Waals surface area contributed by atoms with Gasteiger partial charge in [0, 0.05) is 12.3 Å². The fourth-order valence-corrected chi connectivity index (χ4v) is 3.86. The number of nitrogens with two attached hydrogens (primary N) is 1. The van der Waals surface area contributed by atoms with E-state index in [1.807, 2.05) is 36.4 Å². The summed E-state index contributed by atoms with van der Waals surface area (Å²) in [7, 11) is 0. The molecule has 0 aliphatic heterocycles. The van der Waals surface area contributed by atoms with Gasteiger partial charge >= 0.3 is 0 Å². The topological polar surface area (TPSA) is 120 Å². The highest BCUT2D eigenvalue weighted by Crippen LogP contribution is 2.23. The van der Waals surface area contributed by atoms with Crippen molar-refractivity contribution in [1.29, 1.82) is 0 Å². The lowest BCUT2D eigenvalue weighted by molar-refractivity contribution is -0.124. The van der Waals surface area contributed by atoms with Gasteiger partial charge in [-0.3, -0.25) is 9.59 Å². The summed E-state index contributed by atoms with van der Waals surface area (Å²) >= 11 is 12.0. The summed E-state index contributed by atoms with van der Waals surface area (Å²) in [5.41, 5.74) is 7.53. The molecule has 1 atom stereocenters. The minimum atomic E-state index is -0.716. The summed E-state index contributed by atoms with van der Waals surface area (Å²) in [5, 5.41) is 7.70. The zero-order valence-corrected chi connectivity index (χ0v) is 23.7. The standard InChI is InChI=1S/C27H32Cl2N4O4.ClH/c1-17(2)27(35)31-23(5-3-4-13-30)25(34)26-32-24(37-33-26)16-18-6-9-20(10-7-18)36-14-12-19-8-11-21(28)22(29)15-19;/h6-11,15,17,23H,3-5,12-14,16,30H2,1-2H3,(H,31,35);1H/t23-;/m0./s1.